The smallest absolute Gasteiger partial charge is 0.345 e. The maximum Gasteiger partial charge on any atom is 0.345 e. The van der Waals surface area contributed by atoms with Gasteiger partial charge in [-0.05, 0) is 44.5 Å². The predicted octanol–water partition coefficient (Wildman–Crippen LogP) is 4.07. The van der Waals surface area contributed by atoms with E-state index in [1.165, 1.54) is 0 Å². The van der Waals surface area contributed by atoms with Crippen molar-refractivity contribution in [3.63, 3.8) is 0 Å². The molecule has 0 bridgehead atoms. The quantitative estimate of drug-likeness (QED) is 0.745. The van der Waals surface area contributed by atoms with Gasteiger partial charge in [0, 0.05) is 10.6 Å². The number of ether oxygens (including phenoxy) is 2. The molecule has 0 amide bonds. The van der Waals surface area contributed by atoms with Crippen LogP contribution < -0.4 is 4.74 Å². The van der Waals surface area contributed by atoms with Gasteiger partial charge in [0.25, 0.3) is 0 Å². The van der Waals surface area contributed by atoms with Crippen LogP contribution in [0.3, 0.4) is 0 Å². The van der Waals surface area contributed by atoms with Crippen LogP contribution in [0.25, 0.3) is 11.4 Å². The summed E-state index contributed by atoms with van der Waals surface area (Å²) in [6, 6.07) is 7.18. The number of carbonyl (C=O) groups excluding carboxylic acids is 1. The summed E-state index contributed by atoms with van der Waals surface area (Å²) in [5.41, 5.74) is 1.60. The Hall–Kier alpha value is -2.14. The number of nitrogens with zero attached hydrogens (tertiary/aromatic N) is 2. The van der Waals surface area contributed by atoms with Gasteiger partial charge in [0.05, 0.1) is 18.9 Å². The van der Waals surface area contributed by atoms with Crippen molar-refractivity contribution in [2.45, 2.75) is 27.2 Å². The lowest BCUT2D eigenvalue weighted by Gasteiger charge is -2.13. The van der Waals surface area contributed by atoms with Crippen LogP contribution in [0.4, 0.5) is 0 Å². The number of carbonyl (C=O) groups is 1. The van der Waals surface area contributed by atoms with E-state index in [0.717, 1.165) is 12.0 Å². The summed E-state index contributed by atoms with van der Waals surface area (Å²) in [6.07, 6.45) is 0.807. The maximum atomic E-state index is 12.1. The van der Waals surface area contributed by atoms with E-state index >= 15 is 0 Å². The van der Waals surface area contributed by atoms with Gasteiger partial charge in [-0.2, -0.15) is 4.98 Å². The highest BCUT2D eigenvalue weighted by atomic mass is 35.5. The zero-order valence-corrected chi connectivity index (χ0v) is 14.2. The summed E-state index contributed by atoms with van der Waals surface area (Å²) in [7, 11) is 0. The van der Waals surface area contributed by atoms with Gasteiger partial charge in [-0.3, -0.25) is 0 Å². The summed E-state index contributed by atoms with van der Waals surface area (Å²) in [5.74, 6) is 0.264. The fraction of sp³-hybridized carbons (Fsp3) is 0.353. The van der Waals surface area contributed by atoms with E-state index in [0.29, 0.717) is 23.1 Å². The van der Waals surface area contributed by atoms with Crippen molar-refractivity contribution in [1.82, 2.24) is 9.97 Å². The van der Waals surface area contributed by atoms with Crippen molar-refractivity contribution >= 4 is 17.6 Å². The van der Waals surface area contributed by atoms with E-state index in [1.807, 2.05) is 19.1 Å². The van der Waals surface area contributed by atoms with Crippen molar-refractivity contribution in [3.05, 3.63) is 40.5 Å². The fourth-order valence-corrected chi connectivity index (χ4v) is 2.14. The molecule has 2 rings (SSSR count). The topological polar surface area (TPSA) is 61.3 Å². The monoisotopic (exact) mass is 334 g/mol. The number of benzene rings is 1. The van der Waals surface area contributed by atoms with Gasteiger partial charge < -0.3 is 9.47 Å². The highest BCUT2D eigenvalue weighted by Crippen LogP contribution is 2.26. The molecule has 5 nitrogen and oxygen atoms in total. The molecule has 122 valence electrons. The lowest BCUT2D eigenvalue weighted by atomic mass is 10.2. The number of halogens is 1. The van der Waals surface area contributed by atoms with Crippen LogP contribution in [0.5, 0.6) is 5.88 Å². The van der Waals surface area contributed by atoms with E-state index in [2.05, 4.69) is 9.97 Å². The Morgan fingerprint density at radius 3 is 2.48 bits per heavy atom. The van der Waals surface area contributed by atoms with Crippen molar-refractivity contribution < 1.29 is 14.3 Å². The minimum Gasteiger partial charge on any atom is -0.477 e. The first-order chi connectivity index (χ1) is 11.1. The number of esters is 1. The van der Waals surface area contributed by atoms with Gasteiger partial charge in [0.1, 0.15) is 5.56 Å². The van der Waals surface area contributed by atoms with Gasteiger partial charge >= 0.3 is 5.97 Å². The Bertz CT molecular complexity index is 687. The second kappa shape index (κ2) is 7.92. The number of aryl methyl sites for hydroxylation is 1. The standard InChI is InChI=1S/C17H19ClN2O3/c1-4-10-23-16-14(17(21)22-5-2)11(3)19-15(20-16)12-6-8-13(18)9-7-12/h6-9H,4-5,10H2,1-3H3. The number of aromatic nitrogens is 2. The van der Waals surface area contributed by atoms with Crippen LogP contribution in [-0.2, 0) is 4.74 Å². The third kappa shape index (κ3) is 4.20. The van der Waals surface area contributed by atoms with E-state index in [4.69, 9.17) is 21.1 Å². The second-order valence-corrected chi connectivity index (χ2v) is 5.33. The van der Waals surface area contributed by atoms with E-state index in [9.17, 15) is 4.79 Å². The van der Waals surface area contributed by atoms with Crippen molar-refractivity contribution in [2.24, 2.45) is 0 Å². The molecule has 0 aliphatic heterocycles. The minimum atomic E-state index is -0.473. The molecule has 0 atom stereocenters. The molecular weight excluding hydrogens is 316 g/mol. The molecule has 1 heterocycles. The zero-order valence-electron chi connectivity index (χ0n) is 13.4. The molecule has 0 radical (unpaired) electrons. The molecule has 0 N–H and O–H groups in total. The highest BCUT2D eigenvalue weighted by molar-refractivity contribution is 6.30. The van der Waals surface area contributed by atoms with Crippen LogP contribution in [0.2, 0.25) is 5.02 Å². The SMILES string of the molecule is CCCOc1nc(-c2ccc(Cl)cc2)nc(C)c1C(=O)OCC. The first-order valence-electron chi connectivity index (χ1n) is 7.51. The lowest BCUT2D eigenvalue weighted by molar-refractivity contribution is 0.0519. The Kier molecular flexibility index (Phi) is 5.93. The van der Waals surface area contributed by atoms with E-state index < -0.39 is 5.97 Å². The molecule has 0 unspecified atom stereocenters. The number of hydrogen-bond donors (Lipinski definition) is 0. The van der Waals surface area contributed by atoms with E-state index in [-0.39, 0.29) is 18.1 Å². The van der Waals surface area contributed by atoms with Gasteiger partial charge in [-0.15, -0.1) is 0 Å². The molecular formula is C17H19ClN2O3. The van der Waals surface area contributed by atoms with Gasteiger partial charge in [-0.1, -0.05) is 18.5 Å². The maximum absolute atomic E-state index is 12.1. The van der Waals surface area contributed by atoms with Crippen molar-refractivity contribution in [1.29, 1.82) is 0 Å². The highest BCUT2D eigenvalue weighted by Gasteiger charge is 2.21. The molecule has 1 aromatic heterocycles. The average molecular weight is 335 g/mol. The van der Waals surface area contributed by atoms with Crippen LogP contribution in [0.15, 0.2) is 24.3 Å². The Labute approximate surface area is 140 Å². The van der Waals surface area contributed by atoms with Crippen molar-refractivity contribution in [3.8, 4) is 17.3 Å². The molecule has 0 aliphatic rings. The molecule has 0 fully saturated rings. The molecule has 2 aromatic rings. The Balaban J connectivity index is 2.48. The summed E-state index contributed by atoms with van der Waals surface area (Å²) in [4.78, 5) is 20.9. The average Bonchev–Trinajstić information content (AvgIpc) is 2.53. The first-order valence-corrected chi connectivity index (χ1v) is 7.89. The molecule has 0 saturated carbocycles. The largest absolute Gasteiger partial charge is 0.477 e. The summed E-state index contributed by atoms with van der Waals surface area (Å²) in [5, 5.41) is 0.635. The van der Waals surface area contributed by atoms with Gasteiger partial charge in [0.15, 0.2) is 5.82 Å². The zero-order chi connectivity index (χ0) is 16.8. The summed E-state index contributed by atoms with van der Waals surface area (Å²) in [6.45, 7) is 6.22. The molecule has 23 heavy (non-hydrogen) atoms. The van der Waals surface area contributed by atoms with Gasteiger partial charge in [0.2, 0.25) is 5.88 Å². The molecule has 0 spiro atoms. The molecule has 1 aromatic carbocycles. The predicted molar refractivity (Wildman–Crippen MR) is 89.0 cm³/mol. The van der Waals surface area contributed by atoms with Crippen LogP contribution >= 0.6 is 11.6 Å². The number of hydrogen-bond acceptors (Lipinski definition) is 5. The second-order valence-electron chi connectivity index (χ2n) is 4.89. The van der Waals surface area contributed by atoms with Crippen molar-refractivity contribution in [2.75, 3.05) is 13.2 Å². The summed E-state index contributed by atoms with van der Waals surface area (Å²) >= 11 is 5.91. The molecule has 0 saturated heterocycles. The molecule has 6 heteroatoms. The third-order valence-corrected chi connectivity index (χ3v) is 3.33. The van der Waals surface area contributed by atoms with Gasteiger partial charge in [-0.25, -0.2) is 9.78 Å². The third-order valence-electron chi connectivity index (χ3n) is 3.08. The molecule has 0 aliphatic carbocycles. The fourth-order valence-electron chi connectivity index (χ4n) is 2.02. The van der Waals surface area contributed by atoms with E-state index in [1.54, 1.807) is 26.0 Å². The lowest BCUT2D eigenvalue weighted by Crippen LogP contribution is -2.13. The minimum absolute atomic E-state index is 0.253. The van der Waals surface area contributed by atoms with Crippen LogP contribution in [0, 0.1) is 6.92 Å². The normalized spacial score (nSPS) is 10.4. The van der Waals surface area contributed by atoms with Crippen LogP contribution in [0.1, 0.15) is 36.3 Å². The Morgan fingerprint density at radius 2 is 1.87 bits per heavy atom. The van der Waals surface area contributed by atoms with Crippen LogP contribution in [-0.4, -0.2) is 29.2 Å². The Morgan fingerprint density at radius 1 is 1.17 bits per heavy atom. The first kappa shape index (κ1) is 17.2. The summed E-state index contributed by atoms with van der Waals surface area (Å²) < 4.78 is 10.7. The number of rotatable bonds is 6.